The average Bonchev–Trinajstić information content (AvgIpc) is 2.06. The molecule has 0 atom stereocenters. The molecule has 0 fully saturated rings. The molecular weight excluding hydrogens is 166 g/mol. The molecule has 59 valence electrons. The van der Waals surface area contributed by atoms with Crippen molar-refractivity contribution in [2.75, 3.05) is 0 Å². The summed E-state index contributed by atoms with van der Waals surface area (Å²) in [4.78, 5) is 0. The van der Waals surface area contributed by atoms with Crippen molar-refractivity contribution in [2.24, 2.45) is 0 Å². The van der Waals surface area contributed by atoms with Crippen molar-refractivity contribution in [3.8, 4) is 0 Å². The molecule has 0 bridgehead atoms. The van der Waals surface area contributed by atoms with Gasteiger partial charge in [-0.1, -0.05) is 41.9 Å². The fourth-order valence-electron chi connectivity index (χ4n) is 1.03. The van der Waals surface area contributed by atoms with Crippen LogP contribution in [0.3, 0.4) is 0 Å². The lowest BCUT2D eigenvalue weighted by molar-refractivity contribution is 1.52. The molecule has 1 aromatic heterocycles. The Morgan fingerprint density at radius 1 is 1.08 bits per heavy atom. The molecule has 0 saturated heterocycles. The van der Waals surface area contributed by atoms with Crippen LogP contribution in [0, 0.1) is 6.20 Å². The molecule has 0 aliphatic rings. The second-order valence-corrected chi connectivity index (χ2v) is 3.26. The Balaban J connectivity index is 2.83. The summed E-state index contributed by atoms with van der Waals surface area (Å²) >= 11 is 1.58. The normalized spacial score (nSPS) is 9.67. The van der Waals surface area contributed by atoms with Gasteiger partial charge < -0.3 is 4.37 Å². The standard InChI is InChI=1S/C10H8NS/c1-2-7-10-9(5-1)6-3-4-8-11-12-10/h1-7,11H. The van der Waals surface area contributed by atoms with Gasteiger partial charge >= 0.3 is 0 Å². The second kappa shape index (κ2) is 3.41. The summed E-state index contributed by atoms with van der Waals surface area (Å²) in [7, 11) is 0. The minimum absolute atomic E-state index is 1.23. The summed E-state index contributed by atoms with van der Waals surface area (Å²) < 4.78 is 4.23. The number of nitrogens with one attached hydrogen (secondary N) is 1. The summed E-state index contributed by atoms with van der Waals surface area (Å²) in [5, 5.41) is 1.24. The lowest BCUT2D eigenvalue weighted by Crippen LogP contribution is -1.65. The summed E-state index contributed by atoms with van der Waals surface area (Å²) in [5.74, 6) is 0. The van der Waals surface area contributed by atoms with Crippen LogP contribution in [0.2, 0.25) is 0 Å². The van der Waals surface area contributed by atoms with Gasteiger partial charge in [0, 0.05) is 0 Å². The van der Waals surface area contributed by atoms with Gasteiger partial charge in [0.25, 0.3) is 0 Å². The quantitative estimate of drug-likeness (QED) is 0.631. The van der Waals surface area contributed by atoms with Gasteiger partial charge in [-0.25, -0.2) is 0 Å². The first kappa shape index (κ1) is 7.37. The molecule has 0 unspecified atom stereocenters. The van der Waals surface area contributed by atoms with Crippen LogP contribution in [0.1, 0.15) is 0 Å². The predicted molar refractivity (Wildman–Crippen MR) is 52.6 cm³/mol. The fourth-order valence-corrected chi connectivity index (χ4v) is 1.67. The number of hydrogen-bond donors (Lipinski definition) is 1. The molecule has 1 nitrogen and oxygen atoms in total. The highest BCUT2D eigenvalue weighted by Crippen LogP contribution is 2.12. The number of H-pyrrole nitrogens is 1. The minimum Gasteiger partial charge on any atom is -0.309 e. The first-order valence-corrected chi connectivity index (χ1v) is 4.55. The zero-order valence-electron chi connectivity index (χ0n) is 6.45. The molecule has 2 aromatic rings. The van der Waals surface area contributed by atoms with Crippen molar-refractivity contribution in [1.29, 1.82) is 0 Å². The maximum absolute atomic E-state index is 3.00. The Morgan fingerprint density at radius 2 is 1.92 bits per heavy atom. The van der Waals surface area contributed by atoms with Gasteiger partial charge in [0.05, 0.1) is 10.9 Å². The lowest BCUT2D eigenvalue weighted by Gasteiger charge is -1.89. The van der Waals surface area contributed by atoms with E-state index in [1.165, 1.54) is 10.1 Å². The van der Waals surface area contributed by atoms with Crippen molar-refractivity contribution >= 4 is 21.6 Å². The molecule has 12 heavy (non-hydrogen) atoms. The summed E-state index contributed by atoms with van der Waals surface area (Å²) in [6.45, 7) is 0. The van der Waals surface area contributed by atoms with Crippen molar-refractivity contribution < 1.29 is 0 Å². The van der Waals surface area contributed by atoms with Gasteiger partial charge in [0.1, 0.15) is 0 Å². The van der Waals surface area contributed by atoms with E-state index < -0.39 is 0 Å². The zero-order chi connectivity index (χ0) is 8.23. The van der Waals surface area contributed by atoms with E-state index in [1.807, 2.05) is 24.3 Å². The number of aromatic nitrogens is 1. The number of aromatic amines is 1. The third-order valence-electron chi connectivity index (χ3n) is 1.59. The third kappa shape index (κ3) is 1.48. The highest BCUT2D eigenvalue weighted by Gasteiger charge is 1.85. The Kier molecular flexibility index (Phi) is 2.10. The van der Waals surface area contributed by atoms with Gasteiger partial charge in [-0.15, -0.1) is 0 Å². The molecule has 1 heterocycles. The fraction of sp³-hybridized carbons (Fsp3) is 0. The monoisotopic (exact) mass is 174 g/mol. The van der Waals surface area contributed by atoms with E-state index in [0.29, 0.717) is 0 Å². The Bertz CT molecular complexity index is 372. The van der Waals surface area contributed by atoms with Gasteiger partial charge in [0.2, 0.25) is 0 Å². The Hall–Kier alpha value is -1.28. The molecule has 0 saturated carbocycles. The molecule has 0 aliphatic heterocycles. The molecule has 2 rings (SSSR count). The zero-order valence-corrected chi connectivity index (χ0v) is 7.27. The smallest absolute Gasteiger partial charge is 0.0720 e. The van der Waals surface area contributed by atoms with E-state index >= 15 is 0 Å². The van der Waals surface area contributed by atoms with Gasteiger partial charge in [-0.2, -0.15) is 0 Å². The number of fused-ring (bicyclic) bond motifs is 1. The van der Waals surface area contributed by atoms with Crippen LogP contribution in [0.15, 0.2) is 42.5 Å². The van der Waals surface area contributed by atoms with Crippen LogP contribution in [-0.4, -0.2) is 4.37 Å². The first-order chi connectivity index (χ1) is 5.97. The lowest BCUT2D eigenvalue weighted by atomic mass is 10.2. The van der Waals surface area contributed by atoms with Crippen molar-refractivity contribution in [1.82, 2.24) is 4.37 Å². The van der Waals surface area contributed by atoms with Crippen LogP contribution < -0.4 is 0 Å². The van der Waals surface area contributed by atoms with Crippen LogP contribution in [0.4, 0.5) is 0 Å². The van der Waals surface area contributed by atoms with E-state index in [1.54, 1.807) is 11.5 Å². The van der Waals surface area contributed by atoms with E-state index in [9.17, 15) is 0 Å². The third-order valence-corrected chi connectivity index (χ3v) is 2.41. The van der Waals surface area contributed by atoms with Crippen molar-refractivity contribution in [3.63, 3.8) is 0 Å². The highest BCUT2D eigenvalue weighted by atomic mass is 32.1. The summed E-state index contributed by atoms with van der Waals surface area (Å²) in [6.07, 6.45) is 2.93. The first-order valence-electron chi connectivity index (χ1n) is 3.73. The maximum atomic E-state index is 3.00. The van der Waals surface area contributed by atoms with Crippen LogP contribution in [-0.2, 0) is 0 Å². The molecule has 1 N–H and O–H groups in total. The van der Waals surface area contributed by atoms with Crippen LogP contribution in [0.5, 0.6) is 0 Å². The van der Waals surface area contributed by atoms with Gasteiger partial charge in [-0.05, 0) is 17.5 Å². The van der Waals surface area contributed by atoms with Crippen molar-refractivity contribution in [3.05, 3.63) is 48.7 Å². The highest BCUT2D eigenvalue weighted by molar-refractivity contribution is 7.12. The predicted octanol–water partition coefficient (Wildman–Crippen LogP) is 3.15. The molecular formula is C10H8NS. The van der Waals surface area contributed by atoms with E-state index in [0.717, 1.165) is 0 Å². The van der Waals surface area contributed by atoms with Crippen LogP contribution >= 0.6 is 11.5 Å². The maximum Gasteiger partial charge on any atom is 0.0720 e. The summed E-state index contributed by atoms with van der Waals surface area (Å²) in [6, 6.07) is 14.2. The molecule has 0 amide bonds. The van der Waals surface area contributed by atoms with E-state index in [-0.39, 0.29) is 0 Å². The molecule has 0 spiro atoms. The van der Waals surface area contributed by atoms with Crippen LogP contribution in [0.25, 0.3) is 10.1 Å². The largest absolute Gasteiger partial charge is 0.309 e. The number of hydrogen-bond acceptors (Lipinski definition) is 1. The topological polar surface area (TPSA) is 15.8 Å². The van der Waals surface area contributed by atoms with Crippen molar-refractivity contribution in [2.45, 2.75) is 0 Å². The average molecular weight is 174 g/mol. The van der Waals surface area contributed by atoms with Gasteiger partial charge in [0.15, 0.2) is 0 Å². The van der Waals surface area contributed by atoms with E-state index in [2.05, 4.69) is 28.8 Å². The van der Waals surface area contributed by atoms with Gasteiger partial charge in [-0.3, -0.25) is 0 Å². The summed E-state index contributed by atoms with van der Waals surface area (Å²) in [5.41, 5.74) is 0. The molecule has 2 heteroatoms. The molecule has 1 aromatic carbocycles. The number of rotatable bonds is 0. The van der Waals surface area contributed by atoms with E-state index in [4.69, 9.17) is 0 Å². The number of benzene rings is 1. The Morgan fingerprint density at radius 3 is 2.92 bits per heavy atom. The molecule has 1 radical (unpaired) electrons. The molecule has 0 aliphatic carbocycles. The Labute approximate surface area is 75.1 Å². The SMILES string of the molecule is [c]1cccc2ccccc2s[nH]1. The minimum atomic E-state index is 1.23. The second-order valence-electron chi connectivity index (χ2n) is 2.41.